The van der Waals surface area contributed by atoms with E-state index in [4.69, 9.17) is 21.4 Å². The monoisotopic (exact) mass is 491 g/mol. The molecule has 0 unspecified atom stereocenters. The third-order valence-electron chi connectivity index (χ3n) is 4.95. The van der Waals surface area contributed by atoms with E-state index in [1.54, 1.807) is 12.1 Å². The number of aromatic carboxylic acids is 1. The van der Waals surface area contributed by atoms with Gasteiger partial charge < -0.3 is 15.2 Å². The fourth-order valence-corrected chi connectivity index (χ4v) is 3.34. The Morgan fingerprint density at radius 2 is 1.56 bits per heavy atom. The van der Waals surface area contributed by atoms with E-state index >= 15 is 0 Å². The number of halogens is 4. The van der Waals surface area contributed by atoms with Crippen molar-refractivity contribution in [3.63, 3.8) is 0 Å². The summed E-state index contributed by atoms with van der Waals surface area (Å²) in [6, 6.07) is 18.3. The zero-order valence-electron chi connectivity index (χ0n) is 17.9. The molecule has 3 aromatic rings. The van der Waals surface area contributed by atoms with Gasteiger partial charge in [0, 0.05) is 11.6 Å². The highest BCUT2D eigenvalue weighted by atomic mass is 35.5. The molecule has 2 N–H and O–H groups in total. The third kappa shape index (κ3) is 7.25. The molecule has 3 aromatic carbocycles. The summed E-state index contributed by atoms with van der Waals surface area (Å²) < 4.78 is 42.3. The predicted octanol–water partition coefficient (Wildman–Crippen LogP) is 6.01. The minimum Gasteiger partial charge on any atom is -0.492 e. The maximum Gasteiger partial charge on any atom is 0.392 e. The Bertz CT molecular complexity index is 1150. The number of hydrogen-bond acceptors (Lipinski definition) is 3. The fourth-order valence-electron chi connectivity index (χ4n) is 3.17. The summed E-state index contributed by atoms with van der Waals surface area (Å²) in [7, 11) is 0. The van der Waals surface area contributed by atoms with E-state index in [1.165, 1.54) is 30.3 Å². The van der Waals surface area contributed by atoms with Gasteiger partial charge in [-0.15, -0.1) is 0 Å². The average Bonchev–Trinajstić information content (AvgIpc) is 2.79. The summed E-state index contributed by atoms with van der Waals surface area (Å²) in [4.78, 5) is 23.5. The number of ether oxygens (including phenoxy) is 1. The van der Waals surface area contributed by atoms with Crippen molar-refractivity contribution in [2.24, 2.45) is 0 Å². The highest BCUT2D eigenvalue weighted by Gasteiger charge is 2.27. The largest absolute Gasteiger partial charge is 0.492 e. The molecule has 0 aliphatic heterocycles. The second-order valence-electron chi connectivity index (χ2n) is 7.44. The molecule has 0 radical (unpaired) electrons. The number of rotatable bonds is 9. The van der Waals surface area contributed by atoms with Crippen molar-refractivity contribution in [1.82, 2.24) is 5.32 Å². The topological polar surface area (TPSA) is 75.6 Å². The summed E-state index contributed by atoms with van der Waals surface area (Å²) in [6.07, 6.45) is -4.96. The Morgan fingerprint density at radius 1 is 0.941 bits per heavy atom. The van der Waals surface area contributed by atoms with Crippen molar-refractivity contribution in [3.8, 4) is 16.9 Å². The van der Waals surface area contributed by atoms with Crippen LogP contribution in [0.4, 0.5) is 13.2 Å². The molecule has 3 rings (SSSR count). The van der Waals surface area contributed by atoms with Gasteiger partial charge in [0.05, 0.1) is 24.2 Å². The van der Waals surface area contributed by atoms with Crippen LogP contribution in [0.1, 0.15) is 32.7 Å². The number of carbonyl (C=O) groups is 2. The van der Waals surface area contributed by atoms with Crippen molar-refractivity contribution in [3.05, 3.63) is 88.4 Å². The molecule has 0 fully saturated rings. The molecule has 9 heteroatoms. The van der Waals surface area contributed by atoms with Gasteiger partial charge in [0.2, 0.25) is 0 Å². The summed E-state index contributed by atoms with van der Waals surface area (Å²) in [5, 5.41) is 12.0. The smallest absolute Gasteiger partial charge is 0.392 e. The lowest BCUT2D eigenvalue weighted by Crippen LogP contribution is -2.26. The van der Waals surface area contributed by atoms with Crippen LogP contribution in [0.15, 0.2) is 66.7 Å². The number of nitrogens with one attached hydrogen (secondary N) is 1. The Balaban J connectivity index is 1.56. The maximum atomic E-state index is 12.6. The minimum absolute atomic E-state index is 0.0319. The van der Waals surface area contributed by atoms with Gasteiger partial charge >= 0.3 is 12.1 Å². The van der Waals surface area contributed by atoms with Crippen molar-refractivity contribution in [2.75, 3.05) is 13.2 Å². The van der Waals surface area contributed by atoms with Crippen LogP contribution < -0.4 is 10.1 Å². The number of amides is 1. The molecule has 0 bridgehead atoms. The first-order valence-electron chi connectivity index (χ1n) is 10.3. The van der Waals surface area contributed by atoms with Gasteiger partial charge in [0.1, 0.15) is 5.75 Å². The number of alkyl halides is 3. The standard InChI is InChI=1S/C25H21ClF3NO4/c26-20-9-10-22(34-14-12-25(27,28)29)21(15-20)23(31)30-13-11-16-1-3-17(4-2-16)18-5-7-19(8-6-18)24(32)33/h1-10,15H,11-14H2,(H,30,31)(H,32,33). The molecule has 0 spiro atoms. The SMILES string of the molecule is O=C(O)c1ccc(-c2ccc(CCNC(=O)c3cc(Cl)ccc3OCCC(F)(F)F)cc2)cc1. The summed E-state index contributed by atoms with van der Waals surface area (Å²) in [5.74, 6) is -1.45. The Kier molecular flexibility index (Phi) is 8.17. The first-order valence-corrected chi connectivity index (χ1v) is 10.7. The lowest BCUT2D eigenvalue weighted by Gasteiger charge is -2.13. The number of carbonyl (C=O) groups excluding carboxylic acids is 1. The Labute approximate surface area is 199 Å². The van der Waals surface area contributed by atoms with Crippen molar-refractivity contribution in [1.29, 1.82) is 0 Å². The van der Waals surface area contributed by atoms with Gasteiger partial charge in [0.15, 0.2) is 0 Å². The quantitative estimate of drug-likeness (QED) is 0.384. The van der Waals surface area contributed by atoms with E-state index in [0.717, 1.165) is 16.7 Å². The third-order valence-corrected chi connectivity index (χ3v) is 5.18. The summed E-state index contributed by atoms with van der Waals surface area (Å²) >= 11 is 5.94. The lowest BCUT2D eigenvalue weighted by atomic mass is 10.0. The van der Waals surface area contributed by atoms with Crippen LogP contribution in [0, 0.1) is 0 Å². The minimum atomic E-state index is -4.35. The zero-order valence-corrected chi connectivity index (χ0v) is 18.6. The van der Waals surface area contributed by atoms with Gasteiger partial charge in [0.25, 0.3) is 5.91 Å². The number of carboxylic acids is 1. The molecule has 178 valence electrons. The van der Waals surface area contributed by atoms with E-state index in [1.807, 2.05) is 24.3 Å². The van der Waals surface area contributed by atoms with E-state index in [-0.39, 0.29) is 21.9 Å². The second-order valence-corrected chi connectivity index (χ2v) is 7.88. The molecule has 0 saturated heterocycles. The molecule has 1 amide bonds. The van der Waals surface area contributed by atoms with E-state index in [2.05, 4.69) is 5.32 Å². The van der Waals surface area contributed by atoms with Crippen LogP contribution in [-0.4, -0.2) is 36.3 Å². The molecule has 0 aliphatic rings. The number of hydrogen-bond donors (Lipinski definition) is 2. The lowest BCUT2D eigenvalue weighted by molar-refractivity contribution is -0.139. The first kappa shape index (κ1) is 25.1. The van der Waals surface area contributed by atoms with Crippen molar-refractivity contribution >= 4 is 23.5 Å². The van der Waals surface area contributed by atoms with Gasteiger partial charge in [-0.05, 0) is 53.4 Å². The van der Waals surface area contributed by atoms with E-state index in [0.29, 0.717) is 13.0 Å². The maximum absolute atomic E-state index is 12.6. The first-order chi connectivity index (χ1) is 16.1. The number of carboxylic acid groups (broad SMARTS) is 1. The Hall–Kier alpha value is -3.52. The summed E-state index contributed by atoms with van der Waals surface area (Å²) in [5.41, 5.74) is 3.03. The van der Waals surface area contributed by atoms with Crippen LogP contribution in [-0.2, 0) is 6.42 Å². The van der Waals surface area contributed by atoms with Gasteiger partial charge in [-0.25, -0.2) is 4.79 Å². The predicted molar refractivity (Wildman–Crippen MR) is 122 cm³/mol. The highest BCUT2D eigenvalue weighted by molar-refractivity contribution is 6.31. The van der Waals surface area contributed by atoms with Crippen LogP contribution >= 0.6 is 11.6 Å². The highest BCUT2D eigenvalue weighted by Crippen LogP contribution is 2.25. The summed E-state index contributed by atoms with van der Waals surface area (Å²) in [6.45, 7) is -0.309. The van der Waals surface area contributed by atoms with Gasteiger partial charge in [-0.2, -0.15) is 13.2 Å². The molecular formula is C25H21ClF3NO4. The second kappa shape index (κ2) is 11.1. The van der Waals surface area contributed by atoms with Crippen molar-refractivity contribution in [2.45, 2.75) is 19.0 Å². The van der Waals surface area contributed by atoms with Crippen LogP contribution in [0.25, 0.3) is 11.1 Å². The van der Waals surface area contributed by atoms with Crippen molar-refractivity contribution < 1.29 is 32.6 Å². The normalized spacial score (nSPS) is 11.2. The fraction of sp³-hybridized carbons (Fsp3) is 0.200. The Morgan fingerprint density at radius 3 is 2.15 bits per heavy atom. The molecule has 0 heterocycles. The number of benzene rings is 3. The van der Waals surface area contributed by atoms with E-state index in [9.17, 15) is 22.8 Å². The average molecular weight is 492 g/mol. The van der Waals surface area contributed by atoms with Crippen LogP contribution in [0.5, 0.6) is 5.75 Å². The van der Waals surface area contributed by atoms with E-state index < -0.39 is 31.1 Å². The molecule has 0 saturated carbocycles. The molecule has 0 aliphatic carbocycles. The molecule has 5 nitrogen and oxygen atoms in total. The molecule has 34 heavy (non-hydrogen) atoms. The molecule has 0 atom stereocenters. The molecule has 0 aromatic heterocycles. The van der Waals surface area contributed by atoms with Gasteiger partial charge in [-0.3, -0.25) is 4.79 Å². The van der Waals surface area contributed by atoms with Crippen LogP contribution in [0.3, 0.4) is 0 Å². The van der Waals surface area contributed by atoms with Crippen LogP contribution in [0.2, 0.25) is 5.02 Å². The van der Waals surface area contributed by atoms with Gasteiger partial charge in [-0.1, -0.05) is 48.0 Å². The zero-order chi connectivity index (χ0) is 24.7. The molecular weight excluding hydrogens is 471 g/mol.